The van der Waals surface area contributed by atoms with Crippen LogP contribution < -0.4 is 4.74 Å². The third kappa shape index (κ3) is 4.13. The molecule has 32 heavy (non-hydrogen) atoms. The Morgan fingerprint density at radius 3 is 2.72 bits per heavy atom. The molecule has 1 N–H and O–H groups in total. The molecule has 0 spiro atoms. The quantitative estimate of drug-likeness (QED) is 0.569. The van der Waals surface area contributed by atoms with Crippen LogP contribution in [-0.2, 0) is 25.6 Å². The van der Waals surface area contributed by atoms with Crippen LogP contribution in [0.5, 0.6) is 5.75 Å². The highest BCUT2D eigenvalue weighted by Gasteiger charge is 2.50. The van der Waals surface area contributed by atoms with E-state index in [9.17, 15) is 14.7 Å². The predicted octanol–water partition coefficient (Wildman–Crippen LogP) is 3.02. The highest BCUT2D eigenvalue weighted by molar-refractivity contribution is 5.89. The van der Waals surface area contributed by atoms with Gasteiger partial charge in [0.05, 0.1) is 18.6 Å². The van der Waals surface area contributed by atoms with Crippen LogP contribution in [0.15, 0.2) is 66.7 Å². The molecule has 1 aliphatic carbocycles. The van der Waals surface area contributed by atoms with Gasteiger partial charge < -0.3 is 24.1 Å². The molecule has 2 aromatic carbocycles. The fourth-order valence-corrected chi connectivity index (χ4v) is 4.64. The van der Waals surface area contributed by atoms with E-state index in [-0.39, 0.29) is 30.3 Å². The van der Waals surface area contributed by atoms with Crippen molar-refractivity contribution in [3.63, 3.8) is 0 Å². The standard InChI is InChI=1S/C25H24O7/c26-19(25-29-14-16-8-4-5-9-20(16)32-25)11-10-17-18-12-23(27)30-22(18)13-21(17)31-24(28)15-6-2-1-3-7-15/h1-11,17-19,21-22,25-26H,12-14H2/b11-10+/t17-,18-,19+,21-,22+,25+/m1/s1. The van der Waals surface area contributed by atoms with Gasteiger partial charge in [-0.05, 0) is 18.2 Å². The first-order valence-corrected chi connectivity index (χ1v) is 10.8. The molecule has 2 heterocycles. The van der Waals surface area contributed by atoms with Gasteiger partial charge in [-0.15, -0.1) is 0 Å². The number of fused-ring (bicyclic) bond motifs is 2. The molecule has 2 fully saturated rings. The van der Waals surface area contributed by atoms with E-state index >= 15 is 0 Å². The molecule has 0 aromatic heterocycles. The minimum atomic E-state index is -1.02. The molecule has 3 aliphatic rings. The number of para-hydroxylation sites is 1. The summed E-state index contributed by atoms with van der Waals surface area (Å²) in [7, 11) is 0. The molecule has 7 nitrogen and oxygen atoms in total. The average Bonchev–Trinajstić information content (AvgIpc) is 3.33. The van der Waals surface area contributed by atoms with Crippen molar-refractivity contribution in [1.29, 1.82) is 0 Å². The fourth-order valence-electron chi connectivity index (χ4n) is 4.64. The summed E-state index contributed by atoms with van der Waals surface area (Å²) in [6, 6.07) is 16.3. The van der Waals surface area contributed by atoms with Crippen LogP contribution in [0, 0.1) is 11.8 Å². The molecule has 0 bridgehead atoms. The van der Waals surface area contributed by atoms with Crippen LogP contribution in [0.1, 0.15) is 28.8 Å². The number of hydrogen-bond donors (Lipinski definition) is 1. The van der Waals surface area contributed by atoms with Crippen LogP contribution in [0.2, 0.25) is 0 Å². The Balaban J connectivity index is 1.29. The lowest BCUT2D eigenvalue weighted by molar-refractivity contribution is -0.152. The van der Waals surface area contributed by atoms with Gasteiger partial charge in [-0.1, -0.05) is 48.6 Å². The van der Waals surface area contributed by atoms with Gasteiger partial charge in [0.2, 0.25) is 6.29 Å². The Kier molecular flexibility index (Phi) is 5.68. The van der Waals surface area contributed by atoms with Crippen LogP contribution >= 0.6 is 0 Å². The van der Waals surface area contributed by atoms with Crippen molar-refractivity contribution in [1.82, 2.24) is 0 Å². The molecule has 1 saturated carbocycles. The number of ether oxygens (including phenoxy) is 4. The smallest absolute Gasteiger partial charge is 0.338 e. The molecule has 6 atom stereocenters. The number of esters is 2. The Hall–Kier alpha value is -3.16. The molecule has 2 aromatic rings. The second-order valence-corrected chi connectivity index (χ2v) is 8.30. The van der Waals surface area contributed by atoms with E-state index in [1.165, 1.54) is 0 Å². The van der Waals surface area contributed by atoms with E-state index in [0.29, 0.717) is 24.3 Å². The first kappa shape index (κ1) is 20.7. The van der Waals surface area contributed by atoms with Crippen LogP contribution in [0.25, 0.3) is 0 Å². The van der Waals surface area contributed by atoms with E-state index in [1.54, 1.807) is 36.4 Å². The van der Waals surface area contributed by atoms with Crippen molar-refractivity contribution in [3.8, 4) is 5.75 Å². The van der Waals surface area contributed by atoms with Gasteiger partial charge in [0.1, 0.15) is 24.1 Å². The molecule has 2 aliphatic heterocycles. The monoisotopic (exact) mass is 436 g/mol. The van der Waals surface area contributed by atoms with Crippen molar-refractivity contribution >= 4 is 11.9 Å². The van der Waals surface area contributed by atoms with Gasteiger partial charge in [0.25, 0.3) is 0 Å². The van der Waals surface area contributed by atoms with Gasteiger partial charge in [-0.3, -0.25) is 4.79 Å². The third-order valence-electron chi connectivity index (χ3n) is 6.25. The molecule has 1 saturated heterocycles. The molecule has 0 amide bonds. The maximum Gasteiger partial charge on any atom is 0.338 e. The number of carbonyl (C=O) groups excluding carboxylic acids is 2. The summed E-state index contributed by atoms with van der Waals surface area (Å²) in [6.45, 7) is 0.347. The molecule has 5 rings (SSSR count). The van der Waals surface area contributed by atoms with Crippen molar-refractivity contribution in [2.45, 2.75) is 44.1 Å². The van der Waals surface area contributed by atoms with Gasteiger partial charge >= 0.3 is 11.9 Å². The Labute approximate surface area is 185 Å². The Morgan fingerprint density at radius 1 is 1.09 bits per heavy atom. The number of hydrogen-bond acceptors (Lipinski definition) is 7. The maximum atomic E-state index is 12.6. The van der Waals surface area contributed by atoms with Crippen molar-refractivity contribution in [3.05, 3.63) is 77.9 Å². The predicted molar refractivity (Wildman–Crippen MR) is 113 cm³/mol. The van der Waals surface area contributed by atoms with Gasteiger partial charge in [0.15, 0.2) is 0 Å². The highest BCUT2D eigenvalue weighted by atomic mass is 16.7. The lowest BCUT2D eigenvalue weighted by Gasteiger charge is -2.28. The van der Waals surface area contributed by atoms with Crippen molar-refractivity contribution < 1.29 is 33.6 Å². The van der Waals surface area contributed by atoms with E-state index < -0.39 is 24.5 Å². The normalized spacial score (nSPS) is 29.7. The fraction of sp³-hybridized carbons (Fsp3) is 0.360. The van der Waals surface area contributed by atoms with Crippen molar-refractivity contribution in [2.75, 3.05) is 0 Å². The third-order valence-corrected chi connectivity index (χ3v) is 6.25. The van der Waals surface area contributed by atoms with Crippen LogP contribution in [-0.4, -0.2) is 41.6 Å². The van der Waals surface area contributed by atoms with Gasteiger partial charge in [-0.2, -0.15) is 0 Å². The summed E-state index contributed by atoms with van der Waals surface area (Å²) >= 11 is 0. The lowest BCUT2D eigenvalue weighted by atomic mass is 9.91. The summed E-state index contributed by atoms with van der Waals surface area (Å²) in [5, 5.41) is 10.7. The number of aliphatic hydroxyl groups excluding tert-OH is 1. The van der Waals surface area contributed by atoms with Crippen molar-refractivity contribution in [2.24, 2.45) is 11.8 Å². The summed E-state index contributed by atoms with van der Waals surface area (Å²) < 4.78 is 22.6. The molecule has 166 valence electrons. The van der Waals surface area contributed by atoms with E-state index in [0.717, 1.165) is 5.56 Å². The zero-order valence-corrected chi connectivity index (χ0v) is 17.3. The second-order valence-electron chi connectivity index (χ2n) is 8.30. The SMILES string of the molecule is O=C1C[C@@H]2[C@@H](/C=C/[C@H](O)[C@H]3OCc4ccccc4O3)[C@H](OC(=O)c3ccccc3)C[C@@H]2O1. The minimum Gasteiger partial charge on any atom is -0.462 e. The first-order valence-electron chi connectivity index (χ1n) is 10.8. The molecular formula is C25H24O7. The summed E-state index contributed by atoms with van der Waals surface area (Å²) in [5.41, 5.74) is 1.39. The minimum absolute atomic E-state index is 0.103. The summed E-state index contributed by atoms with van der Waals surface area (Å²) in [5.74, 6) is -0.349. The summed E-state index contributed by atoms with van der Waals surface area (Å²) in [6.07, 6.45) is 1.48. The number of aliphatic hydroxyl groups is 1. The Morgan fingerprint density at radius 2 is 1.88 bits per heavy atom. The molecule has 0 radical (unpaired) electrons. The highest BCUT2D eigenvalue weighted by Crippen LogP contribution is 2.44. The Bertz CT molecular complexity index is 1020. The average molecular weight is 436 g/mol. The topological polar surface area (TPSA) is 91.3 Å². The zero-order chi connectivity index (χ0) is 22.1. The van der Waals surface area contributed by atoms with Crippen LogP contribution in [0.3, 0.4) is 0 Å². The largest absolute Gasteiger partial charge is 0.462 e. The van der Waals surface area contributed by atoms with E-state index in [4.69, 9.17) is 18.9 Å². The first-order chi connectivity index (χ1) is 15.6. The number of benzene rings is 2. The summed E-state index contributed by atoms with van der Waals surface area (Å²) in [4.78, 5) is 24.4. The van der Waals surface area contributed by atoms with E-state index in [1.807, 2.05) is 30.3 Å². The van der Waals surface area contributed by atoms with E-state index in [2.05, 4.69) is 0 Å². The maximum absolute atomic E-state index is 12.6. The number of rotatable bonds is 5. The lowest BCUT2D eigenvalue weighted by Crippen LogP contribution is -2.36. The van der Waals surface area contributed by atoms with Crippen LogP contribution in [0.4, 0.5) is 0 Å². The molecule has 7 heteroatoms. The second kappa shape index (κ2) is 8.76. The zero-order valence-electron chi connectivity index (χ0n) is 17.3. The molecule has 0 unspecified atom stereocenters. The number of carbonyl (C=O) groups is 2. The molecular weight excluding hydrogens is 412 g/mol. The van der Waals surface area contributed by atoms with Gasteiger partial charge in [0, 0.05) is 23.8 Å². The van der Waals surface area contributed by atoms with Gasteiger partial charge in [-0.25, -0.2) is 4.79 Å².